The fourth-order valence-corrected chi connectivity index (χ4v) is 2.14. The Morgan fingerprint density at radius 3 is 2.80 bits per heavy atom. The zero-order valence-electron chi connectivity index (χ0n) is 5.62. The highest BCUT2D eigenvalue weighted by atomic mass is 32.2. The molecule has 1 rings (SSSR count). The van der Waals surface area contributed by atoms with Crippen molar-refractivity contribution in [1.29, 1.82) is 0 Å². The molecule has 0 spiro atoms. The molecule has 0 aliphatic carbocycles. The lowest BCUT2D eigenvalue weighted by molar-refractivity contribution is -0.142. The lowest BCUT2D eigenvalue weighted by Gasteiger charge is -2.22. The quantitative estimate of drug-likeness (QED) is 0.587. The van der Waals surface area contributed by atoms with Crippen LogP contribution in [0.15, 0.2) is 0 Å². The highest BCUT2D eigenvalue weighted by Crippen LogP contribution is 2.26. The van der Waals surface area contributed by atoms with E-state index in [1.54, 1.807) is 11.8 Å². The van der Waals surface area contributed by atoms with Crippen LogP contribution >= 0.6 is 11.8 Å². The summed E-state index contributed by atoms with van der Waals surface area (Å²) >= 11 is 1.65. The predicted octanol–water partition coefficient (Wildman–Crippen LogP) is 0.499. The van der Waals surface area contributed by atoms with Gasteiger partial charge in [0.25, 0.3) is 0 Å². The van der Waals surface area contributed by atoms with E-state index in [0.717, 1.165) is 12.2 Å². The second-order valence-corrected chi connectivity index (χ2v) is 3.82. The summed E-state index contributed by atoms with van der Waals surface area (Å²) in [6.07, 6.45) is 1.40. The summed E-state index contributed by atoms with van der Waals surface area (Å²) in [7, 11) is 0. The van der Waals surface area contributed by atoms with E-state index < -0.39 is 5.97 Å². The number of carboxylic acids is 1. The molecular weight excluding hydrogens is 150 g/mol. The molecule has 1 saturated heterocycles. The molecule has 0 bridgehead atoms. The third-order valence-electron chi connectivity index (χ3n) is 1.66. The van der Waals surface area contributed by atoms with Crippen molar-refractivity contribution >= 4 is 17.7 Å². The van der Waals surface area contributed by atoms with Crippen LogP contribution in [-0.2, 0) is 4.79 Å². The number of carbonyl (C=O) groups is 1. The number of carboxylic acid groups (broad SMARTS) is 1. The Kier molecular flexibility index (Phi) is 2.56. The first-order chi connectivity index (χ1) is 4.70. The molecule has 1 aliphatic rings. The van der Waals surface area contributed by atoms with Gasteiger partial charge in [-0.2, -0.15) is 0 Å². The van der Waals surface area contributed by atoms with Crippen LogP contribution in [0, 0.1) is 5.92 Å². The predicted molar refractivity (Wildman–Crippen MR) is 40.8 cm³/mol. The van der Waals surface area contributed by atoms with Crippen LogP contribution in [0.4, 0.5) is 0 Å². The molecule has 4 heteroatoms. The largest absolute Gasteiger partial charge is 0.481 e. The topological polar surface area (TPSA) is 63.3 Å². The normalized spacial score (nSPS) is 33.7. The summed E-state index contributed by atoms with van der Waals surface area (Å²) in [6, 6.07) is 0. The minimum Gasteiger partial charge on any atom is -0.481 e. The van der Waals surface area contributed by atoms with Gasteiger partial charge in [-0.25, -0.2) is 0 Å². The number of nitrogens with two attached hydrogens (primary N) is 1. The molecule has 2 unspecified atom stereocenters. The van der Waals surface area contributed by atoms with E-state index in [9.17, 15) is 4.79 Å². The number of rotatable bonds is 1. The van der Waals surface area contributed by atoms with Crippen molar-refractivity contribution in [2.45, 2.75) is 18.2 Å². The minimum absolute atomic E-state index is 0.0369. The van der Waals surface area contributed by atoms with Crippen molar-refractivity contribution in [2.24, 2.45) is 11.7 Å². The van der Waals surface area contributed by atoms with Gasteiger partial charge in [0.15, 0.2) is 0 Å². The molecule has 1 fully saturated rings. The van der Waals surface area contributed by atoms with Gasteiger partial charge >= 0.3 is 5.97 Å². The molecule has 0 aromatic rings. The van der Waals surface area contributed by atoms with Gasteiger partial charge in [0.05, 0.1) is 11.3 Å². The van der Waals surface area contributed by atoms with Gasteiger partial charge < -0.3 is 10.8 Å². The molecule has 1 heterocycles. The van der Waals surface area contributed by atoms with Gasteiger partial charge in [0, 0.05) is 0 Å². The number of hydrogen-bond acceptors (Lipinski definition) is 3. The average Bonchev–Trinajstić information content (AvgIpc) is 1.88. The summed E-state index contributed by atoms with van der Waals surface area (Å²) in [6.45, 7) is 0. The SMILES string of the molecule is NC1CC(C(=O)O)CCS1. The molecule has 0 saturated carbocycles. The van der Waals surface area contributed by atoms with E-state index in [4.69, 9.17) is 10.8 Å². The minimum atomic E-state index is -0.698. The summed E-state index contributed by atoms with van der Waals surface area (Å²) < 4.78 is 0. The highest BCUT2D eigenvalue weighted by molar-refractivity contribution is 7.99. The van der Waals surface area contributed by atoms with Gasteiger partial charge in [-0.3, -0.25) is 4.79 Å². The lowest BCUT2D eigenvalue weighted by Crippen LogP contribution is -2.29. The molecule has 1 aliphatic heterocycles. The molecule has 10 heavy (non-hydrogen) atoms. The van der Waals surface area contributed by atoms with Gasteiger partial charge in [-0.1, -0.05) is 0 Å². The van der Waals surface area contributed by atoms with Crippen molar-refractivity contribution < 1.29 is 9.90 Å². The smallest absolute Gasteiger partial charge is 0.306 e. The van der Waals surface area contributed by atoms with Gasteiger partial charge in [-0.05, 0) is 18.6 Å². The Bertz CT molecular complexity index is 140. The Hall–Kier alpha value is -0.220. The van der Waals surface area contributed by atoms with Crippen molar-refractivity contribution in [1.82, 2.24) is 0 Å². The van der Waals surface area contributed by atoms with E-state index in [0.29, 0.717) is 6.42 Å². The molecule has 3 N–H and O–H groups in total. The molecular formula is C6H11NO2S. The van der Waals surface area contributed by atoms with Crippen LogP contribution in [0.5, 0.6) is 0 Å². The third kappa shape index (κ3) is 1.88. The van der Waals surface area contributed by atoms with E-state index >= 15 is 0 Å². The summed E-state index contributed by atoms with van der Waals surface area (Å²) in [5, 5.41) is 8.63. The van der Waals surface area contributed by atoms with Crippen LogP contribution in [0.25, 0.3) is 0 Å². The zero-order chi connectivity index (χ0) is 7.56. The average molecular weight is 161 g/mol. The van der Waals surface area contributed by atoms with E-state index in [1.165, 1.54) is 0 Å². The fraction of sp³-hybridized carbons (Fsp3) is 0.833. The van der Waals surface area contributed by atoms with E-state index in [-0.39, 0.29) is 11.3 Å². The molecule has 0 aromatic heterocycles. The van der Waals surface area contributed by atoms with Gasteiger partial charge in [-0.15, -0.1) is 11.8 Å². The van der Waals surface area contributed by atoms with Crippen molar-refractivity contribution in [3.05, 3.63) is 0 Å². The van der Waals surface area contributed by atoms with Crippen molar-refractivity contribution in [3.63, 3.8) is 0 Å². The first-order valence-corrected chi connectivity index (χ1v) is 4.35. The Balaban J connectivity index is 2.39. The summed E-state index contributed by atoms with van der Waals surface area (Å²) in [5.41, 5.74) is 5.56. The Morgan fingerprint density at radius 1 is 1.70 bits per heavy atom. The first kappa shape index (κ1) is 7.88. The molecule has 2 atom stereocenters. The Labute approximate surface area is 64.0 Å². The van der Waals surface area contributed by atoms with Crippen molar-refractivity contribution in [2.75, 3.05) is 5.75 Å². The fourth-order valence-electron chi connectivity index (χ4n) is 1.05. The summed E-state index contributed by atoms with van der Waals surface area (Å²) in [5.74, 6) is -0.00926. The molecule has 0 aromatic carbocycles. The number of aliphatic carboxylic acids is 1. The van der Waals surface area contributed by atoms with Crippen molar-refractivity contribution in [3.8, 4) is 0 Å². The number of thioether (sulfide) groups is 1. The maximum atomic E-state index is 10.4. The molecule has 58 valence electrons. The van der Waals surface area contributed by atoms with E-state index in [1.807, 2.05) is 0 Å². The lowest BCUT2D eigenvalue weighted by atomic mass is 10.0. The highest BCUT2D eigenvalue weighted by Gasteiger charge is 2.24. The maximum absolute atomic E-state index is 10.4. The first-order valence-electron chi connectivity index (χ1n) is 3.30. The Morgan fingerprint density at radius 2 is 2.40 bits per heavy atom. The molecule has 3 nitrogen and oxygen atoms in total. The summed E-state index contributed by atoms with van der Waals surface area (Å²) in [4.78, 5) is 10.4. The van der Waals surface area contributed by atoms with Crippen LogP contribution in [-0.4, -0.2) is 22.2 Å². The monoisotopic (exact) mass is 161 g/mol. The van der Waals surface area contributed by atoms with Gasteiger partial charge in [0.2, 0.25) is 0 Å². The number of hydrogen-bond donors (Lipinski definition) is 2. The van der Waals surface area contributed by atoms with E-state index in [2.05, 4.69) is 0 Å². The molecule has 0 radical (unpaired) electrons. The van der Waals surface area contributed by atoms with Crippen LogP contribution < -0.4 is 5.73 Å². The third-order valence-corrected chi connectivity index (χ3v) is 2.76. The van der Waals surface area contributed by atoms with Crippen LogP contribution in [0.2, 0.25) is 0 Å². The standard InChI is InChI=1S/C6H11NO2S/c7-5-3-4(6(8)9)1-2-10-5/h4-5H,1-3,7H2,(H,8,9). The second kappa shape index (κ2) is 3.25. The maximum Gasteiger partial charge on any atom is 0.306 e. The van der Waals surface area contributed by atoms with Gasteiger partial charge in [0.1, 0.15) is 0 Å². The van der Waals surface area contributed by atoms with Crippen LogP contribution in [0.1, 0.15) is 12.8 Å². The molecule has 0 amide bonds. The van der Waals surface area contributed by atoms with Crippen LogP contribution in [0.3, 0.4) is 0 Å². The zero-order valence-corrected chi connectivity index (χ0v) is 6.43. The second-order valence-electron chi connectivity index (χ2n) is 2.47.